The topological polar surface area (TPSA) is 37.4 Å². The number of imide groups is 1. The van der Waals surface area contributed by atoms with Gasteiger partial charge in [-0.05, 0) is 18.4 Å². The van der Waals surface area contributed by atoms with Gasteiger partial charge in [0.05, 0.1) is 5.25 Å². The molecule has 12 heavy (non-hydrogen) atoms. The summed E-state index contributed by atoms with van der Waals surface area (Å²) in [5, 5.41) is -0.415. The monoisotopic (exact) mass is 205 g/mol. The molecule has 0 N–H and O–H groups in total. The third-order valence-corrected chi connectivity index (χ3v) is 3.14. The van der Waals surface area contributed by atoms with E-state index in [1.165, 1.54) is 16.3 Å². The lowest BCUT2D eigenvalue weighted by Gasteiger charge is -2.10. The molecule has 0 radical (unpaired) electrons. The second kappa shape index (κ2) is 4.18. The number of carbonyl (C=O) groups excluding carboxylic acids is 2. The van der Waals surface area contributed by atoms with Crippen LogP contribution in [0.1, 0.15) is 19.8 Å². The molecule has 0 aromatic carbocycles. The highest BCUT2D eigenvalue weighted by Crippen LogP contribution is 2.25. The minimum atomic E-state index is -0.415. The highest BCUT2D eigenvalue weighted by atomic mass is 32.2. The minimum absolute atomic E-state index is 0.113. The fourth-order valence-electron chi connectivity index (χ4n) is 0.912. The average Bonchev–Trinajstić information content (AvgIpc) is 2.25. The second-order valence-corrected chi connectivity index (χ2v) is 4.23. The quantitative estimate of drug-likeness (QED) is 0.426. The molecule has 0 aromatic heterocycles. The summed E-state index contributed by atoms with van der Waals surface area (Å²) < 4.78 is 1.24. The number of amides is 2. The van der Waals surface area contributed by atoms with Crippen LogP contribution in [-0.2, 0) is 9.59 Å². The van der Waals surface area contributed by atoms with Crippen LogP contribution in [0.3, 0.4) is 0 Å². The van der Waals surface area contributed by atoms with Crippen molar-refractivity contribution in [3.05, 3.63) is 0 Å². The molecule has 3 nitrogen and oxygen atoms in total. The van der Waals surface area contributed by atoms with Gasteiger partial charge >= 0.3 is 0 Å². The Morgan fingerprint density at radius 2 is 2.33 bits per heavy atom. The zero-order valence-electron chi connectivity index (χ0n) is 6.82. The Bertz CT molecular complexity index is 208. The van der Waals surface area contributed by atoms with E-state index in [4.69, 9.17) is 0 Å². The molecule has 0 bridgehead atoms. The minimum Gasteiger partial charge on any atom is -0.273 e. The van der Waals surface area contributed by atoms with Crippen molar-refractivity contribution in [2.24, 2.45) is 0 Å². The van der Waals surface area contributed by atoms with E-state index >= 15 is 0 Å². The van der Waals surface area contributed by atoms with Gasteiger partial charge in [0.25, 0.3) is 5.91 Å². The van der Waals surface area contributed by atoms with Gasteiger partial charge in [0.1, 0.15) is 0 Å². The van der Waals surface area contributed by atoms with Gasteiger partial charge in [-0.2, -0.15) is 12.6 Å². The lowest BCUT2D eigenvalue weighted by Crippen LogP contribution is -2.24. The lowest BCUT2D eigenvalue weighted by molar-refractivity contribution is -0.131. The van der Waals surface area contributed by atoms with E-state index in [0.29, 0.717) is 0 Å². The number of hydrogen-bond donors (Lipinski definition) is 1. The highest BCUT2D eigenvalue weighted by Gasteiger charge is 2.36. The zero-order valence-corrected chi connectivity index (χ0v) is 8.53. The molecule has 1 unspecified atom stereocenters. The van der Waals surface area contributed by atoms with Crippen LogP contribution in [-0.4, -0.2) is 27.1 Å². The molecule has 1 saturated heterocycles. The van der Waals surface area contributed by atoms with Crippen molar-refractivity contribution in [3.8, 4) is 0 Å². The van der Waals surface area contributed by atoms with Crippen LogP contribution in [0.2, 0.25) is 0 Å². The number of thiol groups is 1. The predicted octanol–water partition coefficient (Wildman–Crippen LogP) is 1.10. The average molecular weight is 205 g/mol. The number of hydrogen-bond acceptors (Lipinski definition) is 4. The smallest absolute Gasteiger partial charge is 0.252 e. The molecule has 2 amide bonds. The molecule has 1 aliphatic heterocycles. The summed E-state index contributed by atoms with van der Waals surface area (Å²) in [5.74, 6) is 0.526. The summed E-state index contributed by atoms with van der Waals surface area (Å²) in [6.07, 6.45) is 1.21. The number of nitrogens with zero attached hydrogens (tertiary/aromatic N) is 1. The molecular formula is C7H11NO2S2. The maximum Gasteiger partial charge on any atom is 0.252 e. The molecule has 0 aromatic rings. The summed E-state index contributed by atoms with van der Waals surface area (Å²) in [6.45, 7) is 2.01. The van der Waals surface area contributed by atoms with Gasteiger partial charge in [0.2, 0.25) is 5.91 Å². The van der Waals surface area contributed by atoms with Crippen molar-refractivity contribution in [1.29, 1.82) is 0 Å². The maximum atomic E-state index is 11.2. The number of rotatable bonds is 3. The normalized spacial score (nSPS) is 23.8. The third-order valence-electron chi connectivity index (χ3n) is 1.50. The molecule has 68 valence electrons. The first-order valence-electron chi connectivity index (χ1n) is 3.84. The fourth-order valence-corrected chi connectivity index (χ4v) is 2.10. The maximum absolute atomic E-state index is 11.2. The third kappa shape index (κ3) is 1.95. The first kappa shape index (κ1) is 9.92. The van der Waals surface area contributed by atoms with E-state index in [-0.39, 0.29) is 18.2 Å². The second-order valence-electron chi connectivity index (χ2n) is 2.58. The Kier molecular flexibility index (Phi) is 3.46. The molecule has 1 rings (SSSR count). The summed E-state index contributed by atoms with van der Waals surface area (Å²) in [5.41, 5.74) is 0. The van der Waals surface area contributed by atoms with Gasteiger partial charge in [-0.1, -0.05) is 6.92 Å². The Hall–Kier alpha value is -0.160. The number of carbonyl (C=O) groups is 2. The molecule has 5 heteroatoms. The van der Waals surface area contributed by atoms with Gasteiger partial charge in [0.15, 0.2) is 0 Å². The van der Waals surface area contributed by atoms with Crippen LogP contribution in [0.25, 0.3) is 0 Å². The Morgan fingerprint density at radius 3 is 2.75 bits per heavy atom. The van der Waals surface area contributed by atoms with E-state index in [1.807, 2.05) is 6.92 Å². The van der Waals surface area contributed by atoms with E-state index < -0.39 is 5.25 Å². The van der Waals surface area contributed by atoms with Crippen LogP contribution < -0.4 is 0 Å². The molecule has 0 saturated carbocycles. The van der Waals surface area contributed by atoms with Crippen molar-refractivity contribution in [1.82, 2.24) is 4.31 Å². The van der Waals surface area contributed by atoms with E-state index in [0.717, 1.165) is 12.2 Å². The molecule has 1 fully saturated rings. The summed E-state index contributed by atoms with van der Waals surface area (Å²) in [7, 11) is 0. The van der Waals surface area contributed by atoms with Crippen molar-refractivity contribution >= 4 is 36.4 Å². The Balaban J connectivity index is 2.52. The summed E-state index contributed by atoms with van der Waals surface area (Å²) in [4.78, 5) is 22.4. The molecule has 0 spiro atoms. The van der Waals surface area contributed by atoms with Crippen molar-refractivity contribution < 1.29 is 9.59 Å². The summed E-state index contributed by atoms with van der Waals surface area (Å²) >= 11 is 5.29. The van der Waals surface area contributed by atoms with Crippen LogP contribution in [0.15, 0.2) is 0 Å². The van der Waals surface area contributed by atoms with Gasteiger partial charge in [-0.15, -0.1) is 0 Å². The fraction of sp³-hybridized carbons (Fsp3) is 0.714. The largest absolute Gasteiger partial charge is 0.273 e. The van der Waals surface area contributed by atoms with Crippen molar-refractivity contribution in [2.45, 2.75) is 25.0 Å². The Morgan fingerprint density at radius 1 is 1.67 bits per heavy atom. The first-order valence-corrected chi connectivity index (χ1v) is 5.30. The van der Waals surface area contributed by atoms with Crippen molar-refractivity contribution in [2.75, 3.05) is 5.75 Å². The first-order chi connectivity index (χ1) is 5.66. The van der Waals surface area contributed by atoms with Gasteiger partial charge in [-0.25, -0.2) is 4.31 Å². The SMILES string of the molecule is CCCSN1C(=O)CC(S)C1=O. The van der Waals surface area contributed by atoms with Crippen LogP contribution in [0, 0.1) is 0 Å². The molecule has 0 aliphatic carbocycles. The van der Waals surface area contributed by atoms with Crippen LogP contribution in [0.4, 0.5) is 0 Å². The van der Waals surface area contributed by atoms with Crippen molar-refractivity contribution in [3.63, 3.8) is 0 Å². The predicted molar refractivity (Wildman–Crippen MR) is 52.0 cm³/mol. The zero-order chi connectivity index (χ0) is 9.14. The lowest BCUT2D eigenvalue weighted by atomic mass is 10.4. The molecular weight excluding hydrogens is 194 g/mol. The van der Waals surface area contributed by atoms with Crippen LogP contribution in [0.5, 0.6) is 0 Å². The summed E-state index contributed by atoms with van der Waals surface area (Å²) in [6, 6.07) is 0. The standard InChI is InChI=1S/C7H11NO2S2/c1-2-3-12-8-6(9)4-5(11)7(8)10/h5,11H,2-4H2,1H3. The Labute approximate surface area is 81.4 Å². The van der Waals surface area contributed by atoms with Gasteiger partial charge in [-0.3, -0.25) is 9.59 Å². The van der Waals surface area contributed by atoms with E-state index in [2.05, 4.69) is 12.6 Å². The van der Waals surface area contributed by atoms with Gasteiger partial charge in [0, 0.05) is 12.2 Å². The van der Waals surface area contributed by atoms with Crippen LogP contribution >= 0.6 is 24.6 Å². The molecule has 1 heterocycles. The van der Waals surface area contributed by atoms with E-state index in [9.17, 15) is 9.59 Å². The van der Waals surface area contributed by atoms with E-state index in [1.54, 1.807) is 0 Å². The van der Waals surface area contributed by atoms with Gasteiger partial charge < -0.3 is 0 Å². The molecule has 1 atom stereocenters. The highest BCUT2D eigenvalue weighted by molar-refractivity contribution is 7.98. The molecule has 1 aliphatic rings.